The van der Waals surface area contributed by atoms with Gasteiger partial charge in [-0.15, -0.1) is 0 Å². The van der Waals surface area contributed by atoms with Gasteiger partial charge >= 0.3 is 5.97 Å². The van der Waals surface area contributed by atoms with Crippen molar-refractivity contribution in [2.45, 2.75) is 13.3 Å². The van der Waals surface area contributed by atoms with Gasteiger partial charge in [-0.25, -0.2) is 0 Å². The lowest BCUT2D eigenvalue weighted by molar-refractivity contribution is -0.151. The molecule has 1 N–H and O–H groups in total. The van der Waals surface area contributed by atoms with Crippen molar-refractivity contribution < 1.29 is 23.9 Å². The summed E-state index contributed by atoms with van der Waals surface area (Å²) in [6.45, 7) is 2.28. The number of carbonyl (C=O) groups is 3. The Balaban J connectivity index is 1.50. The zero-order valence-electron chi connectivity index (χ0n) is 15.9. The van der Waals surface area contributed by atoms with Crippen LogP contribution < -0.4 is 15.0 Å². The summed E-state index contributed by atoms with van der Waals surface area (Å²) in [5.41, 5.74) is 1.30. The van der Waals surface area contributed by atoms with Crippen LogP contribution in [0.3, 0.4) is 0 Å². The molecule has 29 heavy (non-hydrogen) atoms. The Hall–Kier alpha value is -2.87. The van der Waals surface area contributed by atoms with E-state index < -0.39 is 24.4 Å². The molecule has 2 amide bonds. The van der Waals surface area contributed by atoms with Crippen molar-refractivity contribution in [3.8, 4) is 5.75 Å². The van der Waals surface area contributed by atoms with Crippen LogP contribution in [0.4, 0.5) is 11.4 Å². The monoisotopic (exact) mass is 460 g/mol. The van der Waals surface area contributed by atoms with Crippen LogP contribution in [0.1, 0.15) is 13.3 Å². The quantitative estimate of drug-likeness (QED) is 0.640. The number of carbonyl (C=O) groups excluding carboxylic acids is 3. The van der Waals surface area contributed by atoms with Crippen LogP contribution >= 0.6 is 15.9 Å². The fourth-order valence-electron chi connectivity index (χ4n) is 2.99. The minimum atomic E-state index is -0.602. The number of nitrogens with one attached hydrogen (secondary N) is 1. The fourth-order valence-corrected chi connectivity index (χ4v) is 3.25. The summed E-state index contributed by atoms with van der Waals surface area (Å²) in [5, 5.41) is 2.65. The molecule has 0 aromatic heterocycles. The lowest BCUT2D eigenvalue weighted by Crippen LogP contribution is -2.28. The maximum absolute atomic E-state index is 12.3. The van der Waals surface area contributed by atoms with E-state index in [1.807, 2.05) is 6.92 Å². The second-order valence-electron chi connectivity index (χ2n) is 6.50. The van der Waals surface area contributed by atoms with Gasteiger partial charge in [-0.2, -0.15) is 0 Å². The van der Waals surface area contributed by atoms with Crippen molar-refractivity contribution in [2.24, 2.45) is 5.92 Å². The molecule has 7 nitrogen and oxygen atoms in total. The number of hydrogen-bond donors (Lipinski definition) is 1. The molecule has 3 rings (SSSR count). The van der Waals surface area contributed by atoms with Crippen LogP contribution in [0.2, 0.25) is 0 Å². The molecule has 0 spiro atoms. The Morgan fingerprint density at radius 2 is 1.83 bits per heavy atom. The molecule has 1 saturated heterocycles. The molecule has 1 atom stereocenters. The van der Waals surface area contributed by atoms with Gasteiger partial charge in [0.25, 0.3) is 5.91 Å². The molecule has 0 aliphatic carbocycles. The zero-order valence-corrected chi connectivity index (χ0v) is 17.5. The van der Waals surface area contributed by atoms with Gasteiger partial charge in [-0.1, -0.05) is 15.9 Å². The molecular formula is C21H21BrN2O5. The first-order valence-corrected chi connectivity index (χ1v) is 10.0. The highest BCUT2D eigenvalue weighted by Gasteiger charge is 2.36. The second-order valence-corrected chi connectivity index (χ2v) is 7.41. The molecule has 0 unspecified atom stereocenters. The molecule has 1 aliphatic heterocycles. The third-order valence-corrected chi connectivity index (χ3v) is 4.92. The molecule has 1 aliphatic rings. The Labute approximate surface area is 177 Å². The average Bonchev–Trinajstić information content (AvgIpc) is 3.10. The van der Waals surface area contributed by atoms with Crippen LogP contribution in [0, 0.1) is 5.92 Å². The van der Waals surface area contributed by atoms with E-state index in [2.05, 4.69) is 21.2 Å². The van der Waals surface area contributed by atoms with E-state index in [-0.39, 0.29) is 18.9 Å². The van der Waals surface area contributed by atoms with E-state index in [4.69, 9.17) is 9.47 Å². The lowest BCUT2D eigenvalue weighted by Gasteiger charge is -2.17. The highest BCUT2D eigenvalue weighted by atomic mass is 79.9. The smallest absolute Gasteiger partial charge is 0.311 e. The van der Waals surface area contributed by atoms with Crippen LogP contribution in [0.25, 0.3) is 0 Å². The van der Waals surface area contributed by atoms with E-state index in [0.717, 1.165) is 10.2 Å². The minimum absolute atomic E-state index is 0.0559. The molecule has 2 aromatic rings. The molecule has 0 bridgehead atoms. The summed E-state index contributed by atoms with van der Waals surface area (Å²) in [5.74, 6) is -1.04. The molecule has 152 valence electrons. The Bertz CT molecular complexity index is 883. The third kappa shape index (κ3) is 5.57. The number of halogens is 1. The van der Waals surface area contributed by atoms with Gasteiger partial charge in [0.15, 0.2) is 6.61 Å². The molecule has 2 aromatic carbocycles. The van der Waals surface area contributed by atoms with E-state index >= 15 is 0 Å². The summed E-state index contributed by atoms with van der Waals surface area (Å²) in [6.07, 6.45) is 0.0559. The van der Waals surface area contributed by atoms with E-state index in [9.17, 15) is 14.4 Å². The normalized spacial score (nSPS) is 15.9. The van der Waals surface area contributed by atoms with E-state index in [1.54, 1.807) is 53.4 Å². The van der Waals surface area contributed by atoms with Gasteiger partial charge in [0.05, 0.1) is 12.5 Å². The zero-order chi connectivity index (χ0) is 20.8. The van der Waals surface area contributed by atoms with E-state index in [0.29, 0.717) is 18.0 Å². The van der Waals surface area contributed by atoms with Gasteiger partial charge in [0.2, 0.25) is 5.91 Å². The topological polar surface area (TPSA) is 84.9 Å². The van der Waals surface area contributed by atoms with Crippen molar-refractivity contribution >= 4 is 45.1 Å². The number of esters is 1. The van der Waals surface area contributed by atoms with Crippen molar-refractivity contribution in [2.75, 3.05) is 30.0 Å². The first kappa shape index (κ1) is 20.9. The van der Waals surface area contributed by atoms with Gasteiger partial charge in [-0.3, -0.25) is 14.4 Å². The molecular weight excluding hydrogens is 440 g/mol. The standard InChI is InChI=1S/C21H21BrN2O5/c1-2-28-18-9-7-17(8-10-18)24-12-14(11-20(24)26)21(27)29-13-19(25)23-16-5-3-15(22)4-6-16/h3-10,14H,2,11-13H2,1H3,(H,23,25)/t14-/m0/s1. The van der Waals surface area contributed by atoms with Crippen LogP contribution in [-0.2, 0) is 19.1 Å². The summed E-state index contributed by atoms with van der Waals surface area (Å²) < 4.78 is 11.4. The van der Waals surface area contributed by atoms with Crippen molar-refractivity contribution in [3.63, 3.8) is 0 Å². The van der Waals surface area contributed by atoms with Gasteiger partial charge in [-0.05, 0) is 55.5 Å². The predicted octanol–water partition coefficient (Wildman–Crippen LogP) is 3.38. The number of ether oxygens (including phenoxy) is 2. The van der Waals surface area contributed by atoms with Gasteiger partial charge in [0.1, 0.15) is 5.75 Å². The summed E-state index contributed by atoms with van der Waals surface area (Å²) >= 11 is 3.32. The molecule has 0 saturated carbocycles. The molecule has 1 heterocycles. The van der Waals surface area contributed by atoms with Gasteiger partial charge in [0, 0.05) is 28.8 Å². The largest absolute Gasteiger partial charge is 0.494 e. The maximum Gasteiger partial charge on any atom is 0.311 e. The average molecular weight is 461 g/mol. The van der Waals surface area contributed by atoms with E-state index in [1.165, 1.54) is 0 Å². The molecule has 0 radical (unpaired) electrons. The Morgan fingerprint density at radius 1 is 1.14 bits per heavy atom. The van der Waals surface area contributed by atoms with Crippen LogP contribution in [-0.4, -0.2) is 37.5 Å². The lowest BCUT2D eigenvalue weighted by atomic mass is 10.1. The summed E-state index contributed by atoms with van der Waals surface area (Å²) in [4.78, 5) is 38.1. The van der Waals surface area contributed by atoms with Crippen molar-refractivity contribution in [3.05, 3.63) is 53.0 Å². The highest BCUT2D eigenvalue weighted by molar-refractivity contribution is 9.10. The molecule has 8 heteroatoms. The van der Waals surface area contributed by atoms with Gasteiger partial charge < -0.3 is 19.7 Å². The summed E-state index contributed by atoms with van der Waals surface area (Å²) in [7, 11) is 0. The minimum Gasteiger partial charge on any atom is -0.494 e. The van der Waals surface area contributed by atoms with Crippen LogP contribution in [0.15, 0.2) is 53.0 Å². The summed E-state index contributed by atoms with van der Waals surface area (Å²) in [6, 6.07) is 14.2. The Morgan fingerprint density at radius 3 is 2.48 bits per heavy atom. The maximum atomic E-state index is 12.3. The number of benzene rings is 2. The number of amides is 2. The second kappa shape index (κ2) is 9.56. The number of rotatable bonds is 7. The highest BCUT2D eigenvalue weighted by Crippen LogP contribution is 2.27. The molecule has 1 fully saturated rings. The van der Waals surface area contributed by atoms with Crippen LogP contribution in [0.5, 0.6) is 5.75 Å². The van der Waals surface area contributed by atoms with Crippen molar-refractivity contribution in [1.82, 2.24) is 0 Å². The fraction of sp³-hybridized carbons (Fsp3) is 0.286. The van der Waals surface area contributed by atoms with Crippen molar-refractivity contribution in [1.29, 1.82) is 0 Å². The first-order chi connectivity index (χ1) is 14.0. The third-order valence-electron chi connectivity index (χ3n) is 4.39. The number of anilines is 2. The predicted molar refractivity (Wildman–Crippen MR) is 112 cm³/mol. The SMILES string of the molecule is CCOc1ccc(N2C[C@@H](C(=O)OCC(=O)Nc3ccc(Br)cc3)CC2=O)cc1. The first-order valence-electron chi connectivity index (χ1n) is 9.21. The Kier molecular flexibility index (Phi) is 6.87. The number of hydrogen-bond acceptors (Lipinski definition) is 5. The number of nitrogens with zero attached hydrogens (tertiary/aromatic N) is 1.